The first-order chi connectivity index (χ1) is 8.19. The summed E-state index contributed by atoms with van der Waals surface area (Å²) in [4.78, 5) is 2.54. The second kappa shape index (κ2) is 5.88. The monoisotopic (exact) mass is 251 g/mol. The number of aryl methyl sites for hydroxylation is 2. The van der Waals surface area contributed by atoms with E-state index in [1.54, 1.807) is 0 Å². The molecule has 1 heterocycles. The van der Waals surface area contributed by atoms with Gasteiger partial charge in [0.25, 0.3) is 0 Å². The highest BCUT2D eigenvalue weighted by molar-refractivity contribution is 6.18. The third-order valence-electron chi connectivity index (χ3n) is 3.80. The van der Waals surface area contributed by atoms with Crippen molar-refractivity contribution in [3.05, 3.63) is 34.9 Å². The fourth-order valence-electron chi connectivity index (χ4n) is 2.58. The molecule has 1 aliphatic heterocycles. The number of piperidine rings is 1. The minimum atomic E-state index is 0.692. The third kappa shape index (κ3) is 3.46. The minimum Gasteiger partial charge on any atom is -0.299 e. The van der Waals surface area contributed by atoms with Crippen molar-refractivity contribution in [2.75, 3.05) is 19.0 Å². The lowest BCUT2D eigenvalue weighted by atomic mass is 9.99. The van der Waals surface area contributed by atoms with Gasteiger partial charge in [0.1, 0.15) is 0 Å². The van der Waals surface area contributed by atoms with Crippen molar-refractivity contribution >= 4 is 11.6 Å². The molecule has 1 aliphatic rings. The van der Waals surface area contributed by atoms with Crippen LogP contribution in [-0.2, 0) is 6.54 Å². The minimum absolute atomic E-state index is 0.692. The molecule has 0 spiro atoms. The maximum absolute atomic E-state index is 5.97. The molecule has 0 radical (unpaired) electrons. The number of halogens is 1. The van der Waals surface area contributed by atoms with E-state index in [1.807, 2.05) is 0 Å². The van der Waals surface area contributed by atoms with Crippen LogP contribution in [0.15, 0.2) is 18.2 Å². The second-order valence-electron chi connectivity index (χ2n) is 5.32. The van der Waals surface area contributed by atoms with E-state index in [0.29, 0.717) is 5.92 Å². The van der Waals surface area contributed by atoms with Crippen molar-refractivity contribution in [3.63, 3.8) is 0 Å². The van der Waals surface area contributed by atoms with Gasteiger partial charge in [-0.1, -0.05) is 18.2 Å². The molecule has 1 fully saturated rings. The standard InChI is InChI=1S/C15H22ClN/c1-12-5-6-14(8-13(12)2)10-17-7-3-4-15(9-16)11-17/h5-6,8,15H,3-4,7,9-11H2,1-2H3. The molecule has 2 heteroatoms. The Balaban J connectivity index is 1.97. The zero-order valence-electron chi connectivity index (χ0n) is 10.9. The molecule has 0 N–H and O–H groups in total. The van der Waals surface area contributed by atoms with Gasteiger partial charge in [0.05, 0.1) is 0 Å². The SMILES string of the molecule is Cc1ccc(CN2CCCC(CCl)C2)cc1C. The van der Waals surface area contributed by atoms with Crippen LogP contribution in [0, 0.1) is 19.8 Å². The van der Waals surface area contributed by atoms with Crippen molar-refractivity contribution in [3.8, 4) is 0 Å². The summed E-state index contributed by atoms with van der Waals surface area (Å²) in [5.74, 6) is 1.50. The summed E-state index contributed by atoms with van der Waals surface area (Å²) in [7, 11) is 0. The molecule has 0 saturated carbocycles. The van der Waals surface area contributed by atoms with Crippen LogP contribution in [0.4, 0.5) is 0 Å². The maximum atomic E-state index is 5.97. The lowest BCUT2D eigenvalue weighted by Gasteiger charge is -2.31. The van der Waals surface area contributed by atoms with Gasteiger partial charge in [0, 0.05) is 19.0 Å². The van der Waals surface area contributed by atoms with E-state index < -0.39 is 0 Å². The smallest absolute Gasteiger partial charge is 0.0263 e. The number of hydrogen-bond donors (Lipinski definition) is 0. The molecule has 0 aromatic heterocycles. The van der Waals surface area contributed by atoms with Crippen LogP contribution in [0.2, 0.25) is 0 Å². The Labute approximate surface area is 110 Å². The van der Waals surface area contributed by atoms with Gasteiger partial charge in [-0.2, -0.15) is 0 Å². The number of benzene rings is 1. The zero-order chi connectivity index (χ0) is 12.3. The molecule has 17 heavy (non-hydrogen) atoms. The van der Waals surface area contributed by atoms with Crippen molar-refractivity contribution < 1.29 is 0 Å². The fourth-order valence-corrected chi connectivity index (χ4v) is 2.83. The lowest BCUT2D eigenvalue weighted by Crippen LogP contribution is -2.35. The third-order valence-corrected chi connectivity index (χ3v) is 4.24. The number of likely N-dealkylation sites (tertiary alicyclic amines) is 1. The van der Waals surface area contributed by atoms with Gasteiger partial charge in [-0.15, -0.1) is 11.6 Å². The number of hydrogen-bond acceptors (Lipinski definition) is 1. The first-order valence-electron chi connectivity index (χ1n) is 6.53. The molecule has 0 bridgehead atoms. The van der Waals surface area contributed by atoms with Gasteiger partial charge in [0.15, 0.2) is 0 Å². The van der Waals surface area contributed by atoms with Crippen LogP contribution in [0.25, 0.3) is 0 Å². The summed E-state index contributed by atoms with van der Waals surface area (Å²) in [6.45, 7) is 7.82. The Hall–Kier alpha value is -0.530. The van der Waals surface area contributed by atoms with Crippen molar-refractivity contribution in [2.45, 2.75) is 33.2 Å². The molecular weight excluding hydrogens is 230 g/mol. The molecule has 94 valence electrons. The van der Waals surface area contributed by atoms with Crippen LogP contribution < -0.4 is 0 Å². The normalized spacial score (nSPS) is 21.7. The summed E-state index contributed by atoms with van der Waals surface area (Å²) in [5, 5.41) is 0. The predicted molar refractivity (Wildman–Crippen MR) is 74.6 cm³/mol. The van der Waals surface area contributed by atoms with Crippen LogP contribution in [0.3, 0.4) is 0 Å². The van der Waals surface area contributed by atoms with E-state index in [0.717, 1.165) is 19.0 Å². The van der Waals surface area contributed by atoms with Gasteiger partial charge >= 0.3 is 0 Å². The first-order valence-corrected chi connectivity index (χ1v) is 7.07. The van der Waals surface area contributed by atoms with Gasteiger partial charge in [-0.25, -0.2) is 0 Å². The zero-order valence-corrected chi connectivity index (χ0v) is 11.6. The number of nitrogens with zero attached hydrogens (tertiary/aromatic N) is 1. The van der Waals surface area contributed by atoms with Crippen LogP contribution >= 0.6 is 11.6 Å². The Kier molecular flexibility index (Phi) is 4.47. The largest absolute Gasteiger partial charge is 0.299 e. The van der Waals surface area contributed by atoms with Crippen molar-refractivity contribution in [1.82, 2.24) is 4.90 Å². The quantitative estimate of drug-likeness (QED) is 0.740. The molecule has 1 unspecified atom stereocenters. The van der Waals surface area contributed by atoms with E-state index >= 15 is 0 Å². The van der Waals surface area contributed by atoms with Gasteiger partial charge in [-0.3, -0.25) is 4.90 Å². The predicted octanol–water partition coefficient (Wildman–Crippen LogP) is 3.75. The molecular formula is C15H22ClN. The molecule has 1 aromatic carbocycles. The van der Waals surface area contributed by atoms with E-state index in [-0.39, 0.29) is 0 Å². The first kappa shape index (κ1) is 12.9. The van der Waals surface area contributed by atoms with E-state index in [2.05, 4.69) is 36.9 Å². The molecule has 0 amide bonds. The average Bonchev–Trinajstić information content (AvgIpc) is 2.34. The van der Waals surface area contributed by atoms with Crippen LogP contribution in [-0.4, -0.2) is 23.9 Å². The maximum Gasteiger partial charge on any atom is 0.0263 e. The molecule has 1 aromatic rings. The highest BCUT2D eigenvalue weighted by Gasteiger charge is 2.18. The molecule has 2 rings (SSSR count). The Morgan fingerprint density at radius 3 is 2.82 bits per heavy atom. The summed E-state index contributed by atoms with van der Waals surface area (Å²) in [5.41, 5.74) is 4.21. The summed E-state index contributed by atoms with van der Waals surface area (Å²) in [6, 6.07) is 6.81. The van der Waals surface area contributed by atoms with Crippen LogP contribution in [0.5, 0.6) is 0 Å². The highest BCUT2D eigenvalue weighted by Crippen LogP contribution is 2.20. The topological polar surface area (TPSA) is 3.24 Å². The Bertz CT molecular complexity index is 375. The summed E-state index contributed by atoms with van der Waals surface area (Å²) >= 11 is 5.97. The highest BCUT2D eigenvalue weighted by atomic mass is 35.5. The second-order valence-corrected chi connectivity index (χ2v) is 5.62. The van der Waals surface area contributed by atoms with Crippen molar-refractivity contribution in [2.24, 2.45) is 5.92 Å². The molecule has 1 atom stereocenters. The Morgan fingerprint density at radius 1 is 1.29 bits per heavy atom. The van der Waals surface area contributed by atoms with E-state index in [1.165, 1.54) is 36.1 Å². The molecule has 1 saturated heterocycles. The van der Waals surface area contributed by atoms with Gasteiger partial charge in [-0.05, 0) is 55.8 Å². The fraction of sp³-hybridized carbons (Fsp3) is 0.600. The number of rotatable bonds is 3. The number of alkyl halides is 1. The van der Waals surface area contributed by atoms with Gasteiger partial charge < -0.3 is 0 Å². The average molecular weight is 252 g/mol. The van der Waals surface area contributed by atoms with Gasteiger partial charge in [0.2, 0.25) is 0 Å². The summed E-state index contributed by atoms with van der Waals surface area (Å²) in [6.07, 6.45) is 2.59. The Morgan fingerprint density at radius 2 is 2.12 bits per heavy atom. The van der Waals surface area contributed by atoms with E-state index in [4.69, 9.17) is 11.6 Å². The lowest BCUT2D eigenvalue weighted by molar-refractivity contribution is 0.178. The molecule has 0 aliphatic carbocycles. The summed E-state index contributed by atoms with van der Waals surface area (Å²) < 4.78 is 0. The molecule has 1 nitrogen and oxygen atoms in total. The van der Waals surface area contributed by atoms with Crippen molar-refractivity contribution in [1.29, 1.82) is 0 Å². The van der Waals surface area contributed by atoms with Crippen LogP contribution in [0.1, 0.15) is 29.5 Å². The van der Waals surface area contributed by atoms with E-state index in [9.17, 15) is 0 Å².